The lowest BCUT2D eigenvalue weighted by molar-refractivity contribution is 0.0715. The molecule has 3 heteroatoms. The molecule has 18 heavy (non-hydrogen) atoms. The Kier molecular flexibility index (Phi) is 4.61. The molecule has 1 fully saturated rings. The zero-order valence-electron chi connectivity index (χ0n) is 11.3. The molecule has 3 nitrogen and oxygen atoms in total. The number of benzene rings is 1. The van der Waals surface area contributed by atoms with E-state index in [-0.39, 0.29) is 6.04 Å². The highest BCUT2D eigenvalue weighted by Gasteiger charge is 2.25. The van der Waals surface area contributed by atoms with E-state index in [1.165, 1.54) is 12.8 Å². The van der Waals surface area contributed by atoms with Crippen LogP contribution in [0.25, 0.3) is 0 Å². The van der Waals surface area contributed by atoms with Gasteiger partial charge in [0.05, 0.1) is 12.7 Å². The van der Waals surface area contributed by atoms with Gasteiger partial charge in [0, 0.05) is 6.04 Å². The van der Waals surface area contributed by atoms with Crippen molar-refractivity contribution in [2.45, 2.75) is 38.8 Å². The van der Waals surface area contributed by atoms with Gasteiger partial charge in [-0.05, 0) is 57.5 Å². The lowest BCUT2D eigenvalue weighted by Crippen LogP contribution is -2.35. The van der Waals surface area contributed by atoms with Gasteiger partial charge in [-0.3, -0.25) is 4.90 Å². The quantitative estimate of drug-likeness (QED) is 0.870. The second-order valence-electron chi connectivity index (χ2n) is 4.93. The Balaban J connectivity index is 2.00. The highest BCUT2D eigenvalue weighted by atomic mass is 16.5. The summed E-state index contributed by atoms with van der Waals surface area (Å²) >= 11 is 0. The van der Waals surface area contributed by atoms with Crippen LogP contribution in [-0.2, 0) is 0 Å². The SMILES string of the molecule is CCOc1ccc([C@H](O)[C@H](C)N2CCCC2)cc1. The number of likely N-dealkylation sites (tertiary alicyclic amines) is 1. The molecule has 1 aliphatic rings. The van der Waals surface area contributed by atoms with E-state index in [2.05, 4.69) is 11.8 Å². The Morgan fingerprint density at radius 3 is 2.39 bits per heavy atom. The van der Waals surface area contributed by atoms with Crippen LogP contribution in [0, 0.1) is 0 Å². The fraction of sp³-hybridized carbons (Fsp3) is 0.600. The first-order chi connectivity index (χ1) is 8.72. The normalized spacial score (nSPS) is 19.7. The highest BCUT2D eigenvalue weighted by molar-refractivity contribution is 5.29. The Hall–Kier alpha value is -1.06. The van der Waals surface area contributed by atoms with E-state index in [1.807, 2.05) is 31.2 Å². The summed E-state index contributed by atoms with van der Waals surface area (Å²) in [7, 11) is 0. The maximum atomic E-state index is 10.4. The molecule has 0 bridgehead atoms. The molecule has 1 aliphatic heterocycles. The molecule has 0 saturated carbocycles. The van der Waals surface area contributed by atoms with Crippen LogP contribution in [0.2, 0.25) is 0 Å². The average Bonchev–Trinajstić information content (AvgIpc) is 2.92. The summed E-state index contributed by atoms with van der Waals surface area (Å²) in [6, 6.07) is 7.97. The van der Waals surface area contributed by atoms with Gasteiger partial charge < -0.3 is 9.84 Å². The minimum absolute atomic E-state index is 0.186. The van der Waals surface area contributed by atoms with Crippen molar-refractivity contribution in [1.82, 2.24) is 4.90 Å². The molecule has 1 aromatic rings. The minimum Gasteiger partial charge on any atom is -0.494 e. The summed E-state index contributed by atoms with van der Waals surface area (Å²) in [5.74, 6) is 0.863. The zero-order chi connectivity index (χ0) is 13.0. The van der Waals surface area contributed by atoms with Crippen molar-refractivity contribution in [3.63, 3.8) is 0 Å². The summed E-state index contributed by atoms with van der Waals surface area (Å²) in [4.78, 5) is 2.36. The van der Waals surface area contributed by atoms with Crippen LogP contribution in [-0.4, -0.2) is 35.7 Å². The molecule has 2 rings (SSSR count). The van der Waals surface area contributed by atoms with E-state index in [4.69, 9.17) is 4.74 Å². The molecular weight excluding hydrogens is 226 g/mol. The first-order valence-electron chi connectivity index (χ1n) is 6.87. The van der Waals surface area contributed by atoms with Crippen molar-refractivity contribution in [2.24, 2.45) is 0 Å². The zero-order valence-corrected chi connectivity index (χ0v) is 11.3. The van der Waals surface area contributed by atoms with Gasteiger partial charge in [-0.25, -0.2) is 0 Å². The average molecular weight is 249 g/mol. The molecular formula is C15H23NO2. The van der Waals surface area contributed by atoms with E-state index in [1.54, 1.807) is 0 Å². The van der Waals surface area contributed by atoms with Crippen LogP contribution >= 0.6 is 0 Å². The Morgan fingerprint density at radius 2 is 1.83 bits per heavy atom. The molecule has 1 aromatic carbocycles. The van der Waals surface area contributed by atoms with E-state index in [0.29, 0.717) is 6.61 Å². The smallest absolute Gasteiger partial charge is 0.119 e. The molecule has 0 unspecified atom stereocenters. The van der Waals surface area contributed by atoms with Crippen LogP contribution in [0.4, 0.5) is 0 Å². The topological polar surface area (TPSA) is 32.7 Å². The van der Waals surface area contributed by atoms with Crippen LogP contribution in [0.1, 0.15) is 38.4 Å². The van der Waals surface area contributed by atoms with Crippen LogP contribution in [0.5, 0.6) is 5.75 Å². The van der Waals surface area contributed by atoms with Gasteiger partial charge in [0.2, 0.25) is 0 Å². The summed E-state index contributed by atoms with van der Waals surface area (Å²) in [5, 5.41) is 10.4. The van der Waals surface area contributed by atoms with Crippen LogP contribution in [0.3, 0.4) is 0 Å². The molecule has 0 spiro atoms. The Morgan fingerprint density at radius 1 is 1.22 bits per heavy atom. The van der Waals surface area contributed by atoms with E-state index in [9.17, 15) is 5.11 Å². The van der Waals surface area contributed by atoms with Gasteiger partial charge >= 0.3 is 0 Å². The van der Waals surface area contributed by atoms with Crippen molar-refractivity contribution in [3.05, 3.63) is 29.8 Å². The number of hydrogen-bond acceptors (Lipinski definition) is 3. The lowest BCUT2D eigenvalue weighted by Gasteiger charge is -2.28. The standard InChI is InChI=1S/C15H23NO2/c1-3-18-14-8-6-13(7-9-14)15(17)12(2)16-10-4-5-11-16/h6-9,12,15,17H,3-5,10-11H2,1-2H3/t12-,15+/m0/s1. The van der Waals surface area contributed by atoms with E-state index >= 15 is 0 Å². The number of nitrogens with zero attached hydrogens (tertiary/aromatic N) is 1. The summed E-state index contributed by atoms with van der Waals surface area (Å²) < 4.78 is 5.41. The first kappa shape index (κ1) is 13.4. The molecule has 0 aromatic heterocycles. The largest absolute Gasteiger partial charge is 0.494 e. The first-order valence-corrected chi connectivity index (χ1v) is 6.87. The lowest BCUT2D eigenvalue weighted by atomic mass is 10.0. The summed E-state index contributed by atoms with van der Waals surface area (Å²) in [6.45, 7) is 6.96. The number of aliphatic hydroxyl groups is 1. The van der Waals surface area contributed by atoms with Gasteiger partial charge in [0.1, 0.15) is 5.75 Å². The highest BCUT2D eigenvalue weighted by Crippen LogP contribution is 2.25. The maximum absolute atomic E-state index is 10.4. The van der Waals surface area contributed by atoms with Crippen LogP contribution < -0.4 is 4.74 Å². The third kappa shape index (κ3) is 3.03. The molecule has 0 amide bonds. The van der Waals surface area contributed by atoms with Crippen molar-refractivity contribution >= 4 is 0 Å². The fourth-order valence-corrected chi connectivity index (χ4v) is 2.55. The van der Waals surface area contributed by atoms with Crippen molar-refractivity contribution in [1.29, 1.82) is 0 Å². The van der Waals surface area contributed by atoms with Gasteiger partial charge in [0.25, 0.3) is 0 Å². The molecule has 2 atom stereocenters. The summed E-state index contributed by atoms with van der Waals surface area (Å²) in [6.07, 6.45) is 2.08. The number of hydrogen-bond donors (Lipinski definition) is 1. The third-order valence-electron chi connectivity index (χ3n) is 3.71. The second kappa shape index (κ2) is 6.21. The van der Waals surface area contributed by atoms with Gasteiger partial charge in [-0.2, -0.15) is 0 Å². The van der Waals surface area contributed by atoms with Gasteiger partial charge in [-0.1, -0.05) is 12.1 Å². The van der Waals surface area contributed by atoms with Crippen molar-refractivity contribution < 1.29 is 9.84 Å². The van der Waals surface area contributed by atoms with Crippen LogP contribution in [0.15, 0.2) is 24.3 Å². The number of aliphatic hydroxyl groups excluding tert-OH is 1. The number of ether oxygens (including phenoxy) is 1. The Bertz CT molecular complexity index is 357. The molecule has 1 saturated heterocycles. The second-order valence-corrected chi connectivity index (χ2v) is 4.93. The minimum atomic E-state index is -0.418. The monoisotopic (exact) mass is 249 g/mol. The summed E-state index contributed by atoms with van der Waals surface area (Å²) in [5.41, 5.74) is 0.970. The van der Waals surface area contributed by atoms with Crippen molar-refractivity contribution in [2.75, 3.05) is 19.7 Å². The molecule has 1 N–H and O–H groups in total. The van der Waals surface area contributed by atoms with Gasteiger partial charge in [0.15, 0.2) is 0 Å². The molecule has 1 heterocycles. The number of rotatable bonds is 5. The van der Waals surface area contributed by atoms with Crippen molar-refractivity contribution in [3.8, 4) is 5.75 Å². The van der Waals surface area contributed by atoms with E-state index < -0.39 is 6.10 Å². The third-order valence-corrected chi connectivity index (χ3v) is 3.71. The van der Waals surface area contributed by atoms with Gasteiger partial charge in [-0.15, -0.1) is 0 Å². The Labute approximate surface area is 109 Å². The maximum Gasteiger partial charge on any atom is 0.119 e. The molecule has 0 aliphatic carbocycles. The predicted octanol–water partition coefficient (Wildman–Crippen LogP) is 2.60. The van der Waals surface area contributed by atoms with E-state index in [0.717, 1.165) is 24.4 Å². The molecule has 0 radical (unpaired) electrons. The fourth-order valence-electron chi connectivity index (χ4n) is 2.55. The molecule has 100 valence electrons. The predicted molar refractivity (Wildman–Crippen MR) is 72.8 cm³/mol.